The molecule has 2 aromatic carbocycles. The number of hydrogen-bond acceptors (Lipinski definition) is 4. The van der Waals surface area contributed by atoms with Crippen molar-refractivity contribution < 1.29 is 17.7 Å². The summed E-state index contributed by atoms with van der Waals surface area (Å²) >= 11 is 0. The standard InChI is InChI=1S/C8H11NO.C7H8O3S/c1-10-8(9)7-5-3-2-4-6-7;8-11(9,10)6-7-4-2-1-3-5-7/h2-6,8H,9H2,1H3;1-5H,6H2,(H,8,9,10). The van der Waals surface area contributed by atoms with E-state index in [0.29, 0.717) is 5.56 Å². The zero-order valence-corrected chi connectivity index (χ0v) is 12.5. The zero-order chi connectivity index (χ0) is 15.7. The quantitative estimate of drug-likeness (QED) is 0.668. The third-order valence-electron chi connectivity index (χ3n) is 2.57. The Labute approximate surface area is 125 Å². The molecule has 0 fully saturated rings. The van der Waals surface area contributed by atoms with E-state index in [9.17, 15) is 8.42 Å². The fourth-order valence-corrected chi connectivity index (χ4v) is 2.18. The molecule has 2 aromatic rings. The first kappa shape index (κ1) is 17.3. The van der Waals surface area contributed by atoms with Gasteiger partial charge in [-0.3, -0.25) is 4.55 Å². The fourth-order valence-electron chi connectivity index (χ4n) is 1.56. The summed E-state index contributed by atoms with van der Waals surface area (Å²) < 4.78 is 34.1. The highest BCUT2D eigenvalue weighted by atomic mass is 32.2. The molecule has 0 aliphatic carbocycles. The van der Waals surface area contributed by atoms with Crippen molar-refractivity contribution in [1.29, 1.82) is 0 Å². The molecule has 114 valence electrons. The van der Waals surface area contributed by atoms with Crippen LogP contribution in [0.25, 0.3) is 0 Å². The van der Waals surface area contributed by atoms with Gasteiger partial charge in [0.2, 0.25) is 0 Å². The van der Waals surface area contributed by atoms with Crippen molar-refractivity contribution >= 4 is 10.1 Å². The Morgan fingerprint density at radius 2 is 1.52 bits per heavy atom. The SMILES string of the molecule is COC(N)c1ccccc1.O=S(=O)(O)Cc1ccccc1. The largest absolute Gasteiger partial charge is 0.363 e. The Balaban J connectivity index is 0.000000211. The lowest BCUT2D eigenvalue weighted by atomic mass is 10.2. The third-order valence-corrected chi connectivity index (χ3v) is 3.27. The van der Waals surface area contributed by atoms with Crippen LogP contribution in [-0.4, -0.2) is 20.1 Å². The summed E-state index contributed by atoms with van der Waals surface area (Å²) in [6.45, 7) is 0. The highest BCUT2D eigenvalue weighted by molar-refractivity contribution is 7.85. The van der Waals surface area contributed by atoms with Gasteiger partial charge in [0, 0.05) is 7.11 Å². The summed E-state index contributed by atoms with van der Waals surface area (Å²) in [6, 6.07) is 18.2. The van der Waals surface area contributed by atoms with Crippen LogP contribution in [-0.2, 0) is 20.6 Å². The van der Waals surface area contributed by atoms with Gasteiger partial charge in [-0.1, -0.05) is 60.7 Å². The molecule has 0 saturated heterocycles. The number of hydrogen-bond donors (Lipinski definition) is 2. The van der Waals surface area contributed by atoms with E-state index in [4.69, 9.17) is 15.0 Å². The summed E-state index contributed by atoms with van der Waals surface area (Å²) in [4.78, 5) is 0. The molecule has 0 bridgehead atoms. The molecule has 1 unspecified atom stereocenters. The van der Waals surface area contributed by atoms with Gasteiger partial charge in [0.1, 0.15) is 12.0 Å². The minimum absolute atomic E-state index is 0.291. The minimum Gasteiger partial charge on any atom is -0.363 e. The average Bonchev–Trinajstić information content (AvgIpc) is 2.47. The molecule has 0 saturated carbocycles. The Morgan fingerprint density at radius 3 is 1.95 bits per heavy atom. The fraction of sp³-hybridized carbons (Fsp3) is 0.200. The van der Waals surface area contributed by atoms with Crippen LogP contribution >= 0.6 is 0 Å². The molecule has 0 aliphatic rings. The second-order valence-corrected chi connectivity index (χ2v) is 5.73. The highest BCUT2D eigenvalue weighted by Gasteiger charge is 2.04. The monoisotopic (exact) mass is 309 g/mol. The van der Waals surface area contributed by atoms with Gasteiger partial charge in [0.05, 0.1) is 0 Å². The van der Waals surface area contributed by atoms with Crippen LogP contribution in [0.2, 0.25) is 0 Å². The minimum atomic E-state index is -3.88. The molecule has 0 aliphatic heterocycles. The first-order chi connectivity index (χ1) is 9.92. The second-order valence-electron chi connectivity index (χ2n) is 4.28. The summed E-state index contributed by atoms with van der Waals surface area (Å²) in [5, 5.41) is 0. The molecule has 0 aromatic heterocycles. The van der Waals surface area contributed by atoms with Crippen molar-refractivity contribution in [3.63, 3.8) is 0 Å². The van der Waals surface area contributed by atoms with E-state index in [1.807, 2.05) is 30.3 Å². The van der Waals surface area contributed by atoms with Crippen molar-refractivity contribution in [3.05, 3.63) is 71.8 Å². The van der Waals surface area contributed by atoms with E-state index in [-0.39, 0.29) is 12.0 Å². The summed E-state index contributed by atoms with van der Waals surface area (Å²) in [6.07, 6.45) is -0.291. The smallest absolute Gasteiger partial charge is 0.269 e. The van der Waals surface area contributed by atoms with Crippen LogP contribution in [0, 0.1) is 0 Å². The highest BCUT2D eigenvalue weighted by Crippen LogP contribution is 2.08. The van der Waals surface area contributed by atoms with Gasteiger partial charge >= 0.3 is 0 Å². The summed E-state index contributed by atoms with van der Waals surface area (Å²) in [5.41, 5.74) is 7.17. The Hall–Kier alpha value is -1.73. The van der Waals surface area contributed by atoms with Crippen molar-refractivity contribution in [1.82, 2.24) is 0 Å². The molecule has 0 amide bonds. The van der Waals surface area contributed by atoms with Crippen LogP contribution in [0.5, 0.6) is 0 Å². The van der Waals surface area contributed by atoms with Gasteiger partial charge < -0.3 is 10.5 Å². The number of ether oxygens (including phenoxy) is 1. The molecule has 1 atom stereocenters. The maximum Gasteiger partial charge on any atom is 0.269 e. The topological polar surface area (TPSA) is 89.6 Å². The maximum atomic E-state index is 10.4. The Bertz CT molecular complexity index is 615. The van der Waals surface area contributed by atoms with E-state index in [1.54, 1.807) is 37.4 Å². The van der Waals surface area contributed by atoms with Gasteiger partial charge in [-0.15, -0.1) is 0 Å². The van der Waals surface area contributed by atoms with E-state index < -0.39 is 10.1 Å². The summed E-state index contributed by atoms with van der Waals surface area (Å²) in [5.74, 6) is -0.312. The molecule has 5 nitrogen and oxygen atoms in total. The maximum absolute atomic E-state index is 10.4. The molecular weight excluding hydrogens is 290 g/mol. The third kappa shape index (κ3) is 7.57. The van der Waals surface area contributed by atoms with E-state index >= 15 is 0 Å². The predicted octanol–water partition coefficient (Wildman–Crippen LogP) is 2.36. The number of benzene rings is 2. The van der Waals surface area contributed by atoms with Gasteiger partial charge in [0.25, 0.3) is 10.1 Å². The van der Waals surface area contributed by atoms with Crippen LogP contribution in [0.15, 0.2) is 60.7 Å². The first-order valence-electron chi connectivity index (χ1n) is 6.25. The van der Waals surface area contributed by atoms with Crippen LogP contribution in [0.4, 0.5) is 0 Å². The Morgan fingerprint density at radius 1 is 1.05 bits per heavy atom. The lowest BCUT2D eigenvalue weighted by Gasteiger charge is -2.07. The van der Waals surface area contributed by atoms with E-state index in [0.717, 1.165) is 5.56 Å². The molecule has 21 heavy (non-hydrogen) atoms. The van der Waals surface area contributed by atoms with Crippen LogP contribution in [0.3, 0.4) is 0 Å². The van der Waals surface area contributed by atoms with Crippen molar-refractivity contribution in [2.75, 3.05) is 7.11 Å². The van der Waals surface area contributed by atoms with Crippen LogP contribution in [0.1, 0.15) is 17.4 Å². The molecular formula is C15H19NO4S. The van der Waals surface area contributed by atoms with Crippen LogP contribution < -0.4 is 5.73 Å². The van der Waals surface area contributed by atoms with Gasteiger partial charge in [-0.25, -0.2) is 0 Å². The molecule has 0 radical (unpaired) electrons. The number of methoxy groups -OCH3 is 1. The van der Waals surface area contributed by atoms with Crippen molar-refractivity contribution in [3.8, 4) is 0 Å². The zero-order valence-electron chi connectivity index (χ0n) is 11.7. The van der Waals surface area contributed by atoms with Gasteiger partial charge in [0.15, 0.2) is 0 Å². The molecule has 0 spiro atoms. The first-order valence-corrected chi connectivity index (χ1v) is 7.85. The van der Waals surface area contributed by atoms with Gasteiger partial charge in [-0.05, 0) is 11.1 Å². The number of nitrogens with two attached hydrogens (primary N) is 1. The predicted molar refractivity (Wildman–Crippen MR) is 82.1 cm³/mol. The van der Waals surface area contributed by atoms with Crippen molar-refractivity contribution in [2.24, 2.45) is 5.73 Å². The van der Waals surface area contributed by atoms with E-state index in [2.05, 4.69) is 0 Å². The second kappa shape index (κ2) is 8.53. The average molecular weight is 309 g/mol. The summed E-state index contributed by atoms with van der Waals surface area (Å²) in [7, 11) is -2.28. The lowest BCUT2D eigenvalue weighted by Crippen LogP contribution is -2.11. The lowest BCUT2D eigenvalue weighted by molar-refractivity contribution is 0.109. The van der Waals surface area contributed by atoms with Gasteiger partial charge in [-0.2, -0.15) is 8.42 Å². The Kier molecular flexibility index (Phi) is 7.04. The van der Waals surface area contributed by atoms with Crippen molar-refractivity contribution in [2.45, 2.75) is 12.0 Å². The molecule has 6 heteroatoms. The van der Waals surface area contributed by atoms with E-state index in [1.165, 1.54) is 0 Å². The molecule has 0 heterocycles. The molecule has 2 rings (SSSR count). The molecule has 3 N–H and O–H groups in total. The normalized spacial score (nSPS) is 12.1. The number of rotatable bonds is 4.